The molecule has 0 heterocycles. The van der Waals surface area contributed by atoms with Crippen LogP contribution in [0.1, 0.15) is 19.4 Å². The SMILES string of the molecule is CC(C)Oc1ccc([CH]O)cc1Br. The van der Waals surface area contributed by atoms with Crippen LogP contribution >= 0.6 is 15.9 Å². The Kier molecular flexibility index (Phi) is 3.75. The predicted octanol–water partition coefficient (Wildman–Crippen LogP) is 3.12. The molecule has 3 heteroatoms. The van der Waals surface area contributed by atoms with Gasteiger partial charge < -0.3 is 9.84 Å². The van der Waals surface area contributed by atoms with E-state index in [0.29, 0.717) is 0 Å². The molecule has 1 radical (unpaired) electrons. The van der Waals surface area contributed by atoms with Crippen LogP contribution in [0.3, 0.4) is 0 Å². The van der Waals surface area contributed by atoms with Gasteiger partial charge in [0.1, 0.15) is 12.4 Å². The summed E-state index contributed by atoms with van der Waals surface area (Å²) in [6.45, 7) is 5.00. The highest BCUT2D eigenvalue weighted by Crippen LogP contribution is 2.27. The van der Waals surface area contributed by atoms with Crippen molar-refractivity contribution in [1.82, 2.24) is 0 Å². The molecule has 13 heavy (non-hydrogen) atoms. The summed E-state index contributed by atoms with van der Waals surface area (Å²) in [5.41, 5.74) is 0.753. The highest BCUT2D eigenvalue weighted by Gasteiger charge is 2.03. The second kappa shape index (κ2) is 4.63. The first kappa shape index (κ1) is 10.5. The van der Waals surface area contributed by atoms with Crippen LogP contribution in [0.25, 0.3) is 0 Å². The number of benzene rings is 1. The van der Waals surface area contributed by atoms with Gasteiger partial charge in [-0.2, -0.15) is 0 Å². The van der Waals surface area contributed by atoms with Crippen molar-refractivity contribution in [3.05, 3.63) is 34.8 Å². The summed E-state index contributed by atoms with van der Waals surface area (Å²) in [6, 6.07) is 5.42. The number of hydrogen-bond acceptors (Lipinski definition) is 2. The number of ether oxygens (including phenoxy) is 1. The van der Waals surface area contributed by atoms with Crippen molar-refractivity contribution in [2.24, 2.45) is 0 Å². The van der Waals surface area contributed by atoms with Gasteiger partial charge in [-0.1, -0.05) is 6.07 Å². The fraction of sp³-hybridized carbons (Fsp3) is 0.300. The molecule has 0 aliphatic carbocycles. The van der Waals surface area contributed by atoms with Gasteiger partial charge in [0.05, 0.1) is 10.6 Å². The molecule has 0 unspecified atom stereocenters. The fourth-order valence-corrected chi connectivity index (χ4v) is 1.44. The van der Waals surface area contributed by atoms with Gasteiger partial charge in [0.25, 0.3) is 0 Å². The number of aliphatic hydroxyl groups excluding tert-OH is 1. The van der Waals surface area contributed by atoms with Crippen molar-refractivity contribution in [1.29, 1.82) is 0 Å². The molecule has 0 aliphatic rings. The zero-order chi connectivity index (χ0) is 9.84. The monoisotopic (exact) mass is 243 g/mol. The lowest BCUT2D eigenvalue weighted by atomic mass is 10.2. The van der Waals surface area contributed by atoms with Crippen molar-refractivity contribution < 1.29 is 9.84 Å². The van der Waals surface area contributed by atoms with Crippen LogP contribution in [0, 0.1) is 6.61 Å². The summed E-state index contributed by atoms with van der Waals surface area (Å²) >= 11 is 3.36. The maximum absolute atomic E-state index is 8.75. The van der Waals surface area contributed by atoms with Gasteiger partial charge in [-0.15, -0.1) is 0 Å². The first-order valence-corrected chi connectivity index (χ1v) is 4.86. The van der Waals surface area contributed by atoms with E-state index in [1.54, 1.807) is 12.1 Å². The average molecular weight is 244 g/mol. The molecule has 1 rings (SSSR count). The first-order chi connectivity index (χ1) is 6.13. The molecule has 0 amide bonds. The lowest BCUT2D eigenvalue weighted by Crippen LogP contribution is -2.05. The molecule has 2 nitrogen and oxygen atoms in total. The van der Waals surface area contributed by atoms with Crippen molar-refractivity contribution in [2.75, 3.05) is 0 Å². The van der Waals surface area contributed by atoms with Crippen LogP contribution < -0.4 is 4.74 Å². The van der Waals surface area contributed by atoms with Crippen LogP contribution in [-0.4, -0.2) is 11.2 Å². The van der Waals surface area contributed by atoms with Crippen molar-refractivity contribution >= 4 is 15.9 Å². The Labute approximate surface area is 86.7 Å². The largest absolute Gasteiger partial charge is 0.490 e. The zero-order valence-corrected chi connectivity index (χ0v) is 9.21. The molecule has 0 aliphatic heterocycles. The van der Waals surface area contributed by atoms with Crippen LogP contribution in [0.15, 0.2) is 22.7 Å². The molecule has 0 fully saturated rings. The van der Waals surface area contributed by atoms with Gasteiger partial charge in [-0.3, -0.25) is 0 Å². The molecule has 0 saturated carbocycles. The van der Waals surface area contributed by atoms with E-state index in [-0.39, 0.29) is 6.10 Å². The zero-order valence-electron chi connectivity index (χ0n) is 7.62. The number of halogens is 1. The minimum atomic E-state index is 0.153. The van der Waals surface area contributed by atoms with E-state index < -0.39 is 0 Å². The van der Waals surface area contributed by atoms with Gasteiger partial charge >= 0.3 is 0 Å². The molecule has 0 saturated heterocycles. The molecular weight excluding hydrogens is 232 g/mol. The summed E-state index contributed by atoms with van der Waals surface area (Å²) in [6.07, 6.45) is 0.153. The molecule has 0 spiro atoms. The Bertz CT molecular complexity index is 284. The number of aliphatic hydroxyl groups is 1. The molecular formula is C10H12BrO2. The summed E-state index contributed by atoms with van der Waals surface area (Å²) in [7, 11) is 0. The van der Waals surface area contributed by atoms with E-state index >= 15 is 0 Å². The fourth-order valence-electron chi connectivity index (χ4n) is 0.947. The summed E-state index contributed by atoms with van der Waals surface area (Å²) in [5, 5.41) is 8.75. The maximum Gasteiger partial charge on any atom is 0.133 e. The highest BCUT2D eigenvalue weighted by molar-refractivity contribution is 9.10. The first-order valence-electron chi connectivity index (χ1n) is 4.07. The van der Waals surface area contributed by atoms with E-state index in [2.05, 4.69) is 15.9 Å². The van der Waals surface area contributed by atoms with Crippen LogP contribution in [0.2, 0.25) is 0 Å². The van der Waals surface area contributed by atoms with E-state index in [1.165, 1.54) is 0 Å². The lowest BCUT2D eigenvalue weighted by Gasteiger charge is -2.11. The average Bonchev–Trinajstić information content (AvgIpc) is 2.08. The molecule has 1 aromatic carbocycles. The van der Waals surface area contributed by atoms with E-state index in [1.807, 2.05) is 19.9 Å². The summed E-state index contributed by atoms with van der Waals surface area (Å²) in [4.78, 5) is 0. The normalized spacial score (nSPS) is 10.5. The van der Waals surface area contributed by atoms with Crippen molar-refractivity contribution in [3.8, 4) is 5.75 Å². The van der Waals surface area contributed by atoms with E-state index in [4.69, 9.17) is 9.84 Å². The van der Waals surface area contributed by atoms with Crippen LogP contribution in [0.5, 0.6) is 5.75 Å². The predicted molar refractivity (Wildman–Crippen MR) is 55.2 cm³/mol. The third kappa shape index (κ3) is 3.01. The molecule has 0 aromatic heterocycles. The molecule has 1 aromatic rings. The second-order valence-electron chi connectivity index (χ2n) is 2.99. The summed E-state index contributed by atoms with van der Waals surface area (Å²) < 4.78 is 6.35. The second-order valence-corrected chi connectivity index (χ2v) is 3.84. The van der Waals surface area contributed by atoms with Crippen molar-refractivity contribution in [2.45, 2.75) is 20.0 Å². The smallest absolute Gasteiger partial charge is 0.133 e. The lowest BCUT2D eigenvalue weighted by molar-refractivity contribution is 0.241. The Morgan fingerprint density at radius 1 is 1.46 bits per heavy atom. The topological polar surface area (TPSA) is 29.5 Å². The Balaban J connectivity index is 2.85. The molecule has 71 valence electrons. The third-order valence-electron chi connectivity index (χ3n) is 1.47. The quantitative estimate of drug-likeness (QED) is 0.885. The summed E-state index contributed by atoms with van der Waals surface area (Å²) in [5.74, 6) is 0.792. The Hall–Kier alpha value is -0.540. The standard InChI is InChI=1S/C10H12BrO2/c1-7(2)13-10-4-3-8(6-12)5-9(10)11/h3-7,12H,1-2H3. The van der Waals surface area contributed by atoms with Crippen LogP contribution in [0.4, 0.5) is 0 Å². The Morgan fingerprint density at radius 2 is 2.15 bits per heavy atom. The minimum Gasteiger partial charge on any atom is -0.490 e. The van der Waals surface area contributed by atoms with E-state index in [9.17, 15) is 0 Å². The molecule has 1 N–H and O–H groups in total. The van der Waals surface area contributed by atoms with Gasteiger partial charge in [0.15, 0.2) is 0 Å². The van der Waals surface area contributed by atoms with Gasteiger partial charge in [-0.05, 0) is 47.5 Å². The maximum atomic E-state index is 8.75. The van der Waals surface area contributed by atoms with Crippen LogP contribution in [-0.2, 0) is 0 Å². The number of rotatable bonds is 3. The molecule has 0 bridgehead atoms. The molecule has 0 atom stereocenters. The van der Waals surface area contributed by atoms with Gasteiger partial charge in [0.2, 0.25) is 0 Å². The highest BCUT2D eigenvalue weighted by atomic mass is 79.9. The third-order valence-corrected chi connectivity index (χ3v) is 2.09. The van der Waals surface area contributed by atoms with Gasteiger partial charge in [-0.25, -0.2) is 0 Å². The van der Waals surface area contributed by atoms with Gasteiger partial charge in [0, 0.05) is 0 Å². The number of hydrogen-bond donors (Lipinski definition) is 1. The minimum absolute atomic E-state index is 0.153. The van der Waals surface area contributed by atoms with E-state index in [0.717, 1.165) is 22.4 Å². The van der Waals surface area contributed by atoms with Crippen molar-refractivity contribution in [3.63, 3.8) is 0 Å². The Morgan fingerprint density at radius 3 is 2.62 bits per heavy atom.